The molecule has 0 aromatic heterocycles. The zero-order chi connectivity index (χ0) is 17.1. The number of rotatable bonds is 4. The van der Waals surface area contributed by atoms with E-state index < -0.39 is 0 Å². The molecule has 0 N–H and O–H groups in total. The Morgan fingerprint density at radius 1 is 0.760 bits per heavy atom. The molecule has 0 bridgehead atoms. The molecule has 0 aromatic carbocycles. The van der Waals surface area contributed by atoms with Crippen LogP contribution in [0.3, 0.4) is 0 Å². The number of amides is 1. The first-order chi connectivity index (χ1) is 12.2. The number of carbonyl (C=O) groups excluding carboxylic acids is 1. The second-order valence-corrected chi connectivity index (χ2v) is 9.24. The van der Waals surface area contributed by atoms with E-state index in [1.54, 1.807) is 0 Å². The van der Waals surface area contributed by atoms with Crippen LogP contribution in [0.2, 0.25) is 0 Å². The predicted octanol–water partition coefficient (Wildman–Crippen LogP) is 2.98. The summed E-state index contributed by atoms with van der Waals surface area (Å²) < 4.78 is 0. The summed E-state index contributed by atoms with van der Waals surface area (Å²) in [7, 11) is 0. The Balaban J connectivity index is 1.25. The molecule has 142 valence electrons. The van der Waals surface area contributed by atoms with Gasteiger partial charge < -0.3 is 14.7 Å². The van der Waals surface area contributed by atoms with Crippen LogP contribution in [0.4, 0.5) is 0 Å². The summed E-state index contributed by atoms with van der Waals surface area (Å²) >= 11 is 0. The number of hydrogen-bond donors (Lipinski definition) is 0. The third-order valence-corrected chi connectivity index (χ3v) is 7.53. The van der Waals surface area contributed by atoms with Gasteiger partial charge in [-0.05, 0) is 83.0 Å². The average Bonchev–Trinajstić information content (AvgIpc) is 3.35. The Labute approximate surface area is 153 Å². The summed E-state index contributed by atoms with van der Waals surface area (Å²) in [6.07, 6.45) is 12.8. The molecule has 1 saturated carbocycles. The summed E-state index contributed by atoms with van der Waals surface area (Å²) in [5.74, 6) is 0.851. The largest absolute Gasteiger partial charge is 0.342 e. The maximum Gasteiger partial charge on any atom is 0.225 e. The molecule has 1 aliphatic carbocycles. The molecular weight excluding hydrogens is 310 g/mol. The van der Waals surface area contributed by atoms with Crippen LogP contribution in [0, 0.1) is 11.3 Å². The number of carbonyl (C=O) groups is 1. The molecule has 25 heavy (non-hydrogen) atoms. The Morgan fingerprint density at radius 2 is 1.40 bits per heavy atom. The van der Waals surface area contributed by atoms with E-state index in [1.165, 1.54) is 90.6 Å². The van der Waals surface area contributed by atoms with E-state index in [0.717, 1.165) is 25.9 Å². The van der Waals surface area contributed by atoms with Gasteiger partial charge in [0.25, 0.3) is 0 Å². The van der Waals surface area contributed by atoms with Crippen molar-refractivity contribution in [1.29, 1.82) is 0 Å². The lowest BCUT2D eigenvalue weighted by Gasteiger charge is -2.48. The SMILES string of the molecule is O=C(C1CCCC1)N1CCCC2(CCN(CCN3CCCC3)CC2)C1. The van der Waals surface area contributed by atoms with Gasteiger partial charge >= 0.3 is 0 Å². The lowest BCUT2D eigenvalue weighted by atomic mass is 9.72. The van der Waals surface area contributed by atoms with Crippen LogP contribution in [-0.4, -0.2) is 73.0 Å². The van der Waals surface area contributed by atoms with Crippen molar-refractivity contribution in [3.8, 4) is 0 Å². The highest BCUT2D eigenvalue weighted by molar-refractivity contribution is 5.79. The van der Waals surface area contributed by atoms with Gasteiger partial charge in [-0.2, -0.15) is 0 Å². The van der Waals surface area contributed by atoms with E-state index in [-0.39, 0.29) is 0 Å². The van der Waals surface area contributed by atoms with Crippen molar-refractivity contribution in [2.24, 2.45) is 11.3 Å². The molecule has 3 aliphatic heterocycles. The second kappa shape index (κ2) is 7.96. The smallest absolute Gasteiger partial charge is 0.225 e. The third-order valence-electron chi connectivity index (χ3n) is 7.53. The normalized spacial score (nSPS) is 28.9. The highest BCUT2D eigenvalue weighted by Crippen LogP contribution is 2.41. The van der Waals surface area contributed by atoms with Crippen molar-refractivity contribution in [3.05, 3.63) is 0 Å². The Bertz CT molecular complexity index is 446. The van der Waals surface area contributed by atoms with Crippen molar-refractivity contribution in [3.63, 3.8) is 0 Å². The van der Waals surface area contributed by atoms with Gasteiger partial charge in [-0.15, -0.1) is 0 Å². The summed E-state index contributed by atoms with van der Waals surface area (Å²) in [5, 5.41) is 0. The fourth-order valence-corrected chi connectivity index (χ4v) is 5.78. The highest BCUT2D eigenvalue weighted by Gasteiger charge is 2.41. The summed E-state index contributed by atoms with van der Waals surface area (Å²) in [6, 6.07) is 0. The molecule has 0 unspecified atom stereocenters. The standard InChI is InChI=1S/C21H37N3O/c25-20(19-6-1-2-7-19)24-13-5-8-21(18-24)9-14-23(15-10-21)17-16-22-11-3-4-12-22/h19H,1-18H2. The molecule has 1 spiro atoms. The Morgan fingerprint density at radius 3 is 2.08 bits per heavy atom. The Hall–Kier alpha value is -0.610. The first-order valence-corrected chi connectivity index (χ1v) is 11.0. The summed E-state index contributed by atoms with van der Waals surface area (Å²) in [5.41, 5.74) is 0.441. The minimum atomic E-state index is 0.357. The van der Waals surface area contributed by atoms with Crippen molar-refractivity contribution in [2.45, 2.75) is 64.2 Å². The minimum absolute atomic E-state index is 0.357. The molecule has 0 atom stereocenters. The molecule has 0 aromatic rings. The molecule has 4 aliphatic rings. The van der Waals surface area contributed by atoms with Crippen LogP contribution in [0.1, 0.15) is 64.2 Å². The summed E-state index contributed by atoms with van der Waals surface area (Å²) in [4.78, 5) is 20.4. The van der Waals surface area contributed by atoms with E-state index in [1.807, 2.05) is 0 Å². The van der Waals surface area contributed by atoms with E-state index in [0.29, 0.717) is 17.2 Å². The molecule has 4 fully saturated rings. The van der Waals surface area contributed by atoms with Gasteiger partial charge in [0.15, 0.2) is 0 Å². The molecule has 3 saturated heterocycles. The topological polar surface area (TPSA) is 26.8 Å². The molecule has 4 rings (SSSR count). The quantitative estimate of drug-likeness (QED) is 0.782. The number of piperidine rings is 2. The van der Waals surface area contributed by atoms with E-state index in [9.17, 15) is 4.79 Å². The first-order valence-electron chi connectivity index (χ1n) is 11.0. The average molecular weight is 348 g/mol. The van der Waals surface area contributed by atoms with Crippen LogP contribution in [0.25, 0.3) is 0 Å². The third kappa shape index (κ3) is 4.21. The fraction of sp³-hybridized carbons (Fsp3) is 0.952. The summed E-state index contributed by atoms with van der Waals surface area (Å²) in [6.45, 7) is 9.72. The van der Waals surface area contributed by atoms with E-state index in [4.69, 9.17) is 0 Å². The van der Waals surface area contributed by atoms with Gasteiger partial charge in [-0.25, -0.2) is 0 Å². The number of hydrogen-bond acceptors (Lipinski definition) is 3. The zero-order valence-corrected chi connectivity index (χ0v) is 16.1. The maximum absolute atomic E-state index is 12.9. The first kappa shape index (κ1) is 17.8. The van der Waals surface area contributed by atoms with Gasteiger partial charge in [0.1, 0.15) is 0 Å². The lowest BCUT2D eigenvalue weighted by molar-refractivity contribution is -0.140. The van der Waals surface area contributed by atoms with E-state index >= 15 is 0 Å². The van der Waals surface area contributed by atoms with Crippen molar-refractivity contribution < 1.29 is 4.79 Å². The molecular formula is C21H37N3O. The van der Waals surface area contributed by atoms with Gasteiger partial charge in [-0.1, -0.05) is 12.8 Å². The predicted molar refractivity (Wildman–Crippen MR) is 102 cm³/mol. The Kier molecular flexibility index (Phi) is 5.66. The lowest BCUT2D eigenvalue weighted by Crippen LogP contribution is -2.52. The molecule has 3 heterocycles. The minimum Gasteiger partial charge on any atom is -0.342 e. The second-order valence-electron chi connectivity index (χ2n) is 9.24. The van der Waals surface area contributed by atoms with Crippen LogP contribution in [0.15, 0.2) is 0 Å². The van der Waals surface area contributed by atoms with Crippen molar-refractivity contribution in [2.75, 3.05) is 52.4 Å². The monoisotopic (exact) mass is 347 g/mol. The van der Waals surface area contributed by atoms with Crippen molar-refractivity contribution >= 4 is 5.91 Å². The maximum atomic E-state index is 12.9. The number of likely N-dealkylation sites (tertiary alicyclic amines) is 3. The molecule has 0 radical (unpaired) electrons. The fourth-order valence-electron chi connectivity index (χ4n) is 5.78. The van der Waals surface area contributed by atoms with Gasteiger partial charge in [-0.3, -0.25) is 4.79 Å². The van der Waals surface area contributed by atoms with Gasteiger partial charge in [0.2, 0.25) is 5.91 Å². The molecule has 1 amide bonds. The van der Waals surface area contributed by atoms with Gasteiger partial charge in [0, 0.05) is 32.1 Å². The van der Waals surface area contributed by atoms with Gasteiger partial charge in [0.05, 0.1) is 0 Å². The van der Waals surface area contributed by atoms with Crippen LogP contribution >= 0.6 is 0 Å². The number of nitrogens with zero attached hydrogens (tertiary/aromatic N) is 3. The molecule has 4 heteroatoms. The zero-order valence-electron chi connectivity index (χ0n) is 16.1. The van der Waals surface area contributed by atoms with Crippen LogP contribution < -0.4 is 0 Å². The highest BCUT2D eigenvalue weighted by atomic mass is 16.2. The van der Waals surface area contributed by atoms with Crippen molar-refractivity contribution in [1.82, 2.24) is 14.7 Å². The van der Waals surface area contributed by atoms with Crippen LogP contribution in [0.5, 0.6) is 0 Å². The van der Waals surface area contributed by atoms with Crippen LogP contribution in [-0.2, 0) is 4.79 Å². The molecule has 4 nitrogen and oxygen atoms in total. The van der Waals surface area contributed by atoms with E-state index in [2.05, 4.69) is 14.7 Å².